The van der Waals surface area contributed by atoms with E-state index in [1.165, 1.54) is 6.07 Å². The first-order valence-electron chi connectivity index (χ1n) is 8.86. The highest BCUT2D eigenvalue weighted by Crippen LogP contribution is 2.36. The Hall–Kier alpha value is -2.22. The molecule has 1 atom stereocenters. The van der Waals surface area contributed by atoms with Gasteiger partial charge in [0.2, 0.25) is 0 Å². The molecule has 0 N–H and O–H groups in total. The van der Waals surface area contributed by atoms with Crippen LogP contribution in [0, 0.1) is 10.1 Å². The average molecular weight is 459 g/mol. The average Bonchev–Trinajstić information content (AvgIpc) is 2.69. The number of hydrogen-bond donors (Lipinski definition) is 0. The minimum atomic E-state index is -0.741. The number of benzene rings is 2. The first-order chi connectivity index (χ1) is 13.8. The molecule has 0 aliphatic carbocycles. The number of nitro groups is 1. The fourth-order valence-corrected chi connectivity index (χ4v) is 3.93. The van der Waals surface area contributed by atoms with E-state index in [1.807, 2.05) is 4.90 Å². The molecule has 1 fully saturated rings. The quantitative estimate of drug-likeness (QED) is 0.481. The molecule has 154 valence electrons. The van der Waals surface area contributed by atoms with Crippen LogP contribution in [0.4, 0.5) is 11.4 Å². The monoisotopic (exact) mass is 457 g/mol. The van der Waals surface area contributed by atoms with Crippen LogP contribution in [0.25, 0.3) is 0 Å². The van der Waals surface area contributed by atoms with Crippen molar-refractivity contribution in [3.05, 3.63) is 61.6 Å². The molecule has 2 aromatic rings. The number of nitrogens with zero attached hydrogens (tertiary/aromatic N) is 3. The van der Waals surface area contributed by atoms with Crippen LogP contribution in [-0.4, -0.2) is 48.0 Å². The summed E-state index contributed by atoms with van der Waals surface area (Å²) in [6.07, 6.45) is -0.741. The zero-order chi connectivity index (χ0) is 21.1. The lowest BCUT2D eigenvalue weighted by molar-refractivity contribution is -0.384. The third kappa shape index (κ3) is 4.86. The molecular formula is C19H18Cl3N3O4. The number of ether oxygens (including phenoxy) is 1. The van der Waals surface area contributed by atoms with E-state index in [2.05, 4.69) is 0 Å². The van der Waals surface area contributed by atoms with Crippen molar-refractivity contribution in [2.45, 2.75) is 13.0 Å². The minimum Gasteiger partial charge on any atom is -0.479 e. The highest BCUT2D eigenvalue weighted by atomic mass is 35.5. The van der Waals surface area contributed by atoms with Gasteiger partial charge in [0.1, 0.15) is 11.4 Å². The number of para-hydroxylation sites is 1. The van der Waals surface area contributed by atoms with E-state index in [0.29, 0.717) is 52.7 Å². The van der Waals surface area contributed by atoms with Gasteiger partial charge in [0.25, 0.3) is 11.6 Å². The standard InChI is InChI=1S/C19H18Cl3N3O4/c1-12(29-17-6-5-13(20)11-15(17)22)19(26)24-9-7-23(8-10-24)18-14(21)3-2-4-16(18)25(27)28/h2-6,11-12H,7-10H2,1H3/t12-/m1/s1. The molecule has 0 radical (unpaired) electrons. The fraction of sp³-hybridized carbons (Fsp3) is 0.316. The first-order valence-corrected chi connectivity index (χ1v) is 9.99. The number of piperazine rings is 1. The van der Waals surface area contributed by atoms with Crippen molar-refractivity contribution in [3.63, 3.8) is 0 Å². The van der Waals surface area contributed by atoms with E-state index in [9.17, 15) is 14.9 Å². The summed E-state index contributed by atoms with van der Waals surface area (Å²) in [6.45, 7) is 3.28. The van der Waals surface area contributed by atoms with Gasteiger partial charge >= 0.3 is 0 Å². The molecule has 2 aromatic carbocycles. The van der Waals surface area contributed by atoms with Crippen LogP contribution in [-0.2, 0) is 4.79 Å². The van der Waals surface area contributed by atoms with Gasteiger partial charge in [0.15, 0.2) is 6.10 Å². The molecular weight excluding hydrogens is 441 g/mol. The Kier molecular flexibility index (Phi) is 6.72. The molecule has 1 aliphatic heterocycles. The number of carbonyl (C=O) groups is 1. The van der Waals surface area contributed by atoms with Gasteiger partial charge in [-0.2, -0.15) is 0 Å². The van der Waals surface area contributed by atoms with Gasteiger partial charge in [-0.05, 0) is 31.2 Å². The third-order valence-electron chi connectivity index (χ3n) is 4.62. The second kappa shape index (κ2) is 9.07. The van der Waals surface area contributed by atoms with E-state index in [4.69, 9.17) is 39.5 Å². The molecule has 1 amide bonds. The van der Waals surface area contributed by atoms with Gasteiger partial charge < -0.3 is 14.5 Å². The molecule has 0 saturated carbocycles. The van der Waals surface area contributed by atoms with Crippen molar-refractivity contribution in [3.8, 4) is 5.75 Å². The summed E-state index contributed by atoms with van der Waals surface area (Å²) in [4.78, 5) is 27.1. The van der Waals surface area contributed by atoms with E-state index < -0.39 is 11.0 Å². The summed E-state index contributed by atoms with van der Waals surface area (Å²) >= 11 is 18.2. The minimum absolute atomic E-state index is 0.0497. The maximum Gasteiger partial charge on any atom is 0.294 e. The van der Waals surface area contributed by atoms with E-state index >= 15 is 0 Å². The summed E-state index contributed by atoms with van der Waals surface area (Å²) < 4.78 is 5.69. The molecule has 3 rings (SSSR count). The topological polar surface area (TPSA) is 75.9 Å². The zero-order valence-electron chi connectivity index (χ0n) is 15.5. The molecule has 0 aromatic heterocycles. The Balaban J connectivity index is 1.65. The maximum atomic E-state index is 12.7. The van der Waals surface area contributed by atoms with Crippen molar-refractivity contribution in [1.82, 2.24) is 4.90 Å². The summed E-state index contributed by atoms with van der Waals surface area (Å²) in [5.74, 6) is 0.187. The normalized spacial score (nSPS) is 15.2. The molecule has 10 heteroatoms. The number of halogens is 3. The lowest BCUT2D eigenvalue weighted by atomic mass is 10.2. The smallest absolute Gasteiger partial charge is 0.294 e. The fourth-order valence-electron chi connectivity index (χ4n) is 3.18. The van der Waals surface area contributed by atoms with Crippen LogP contribution in [0.15, 0.2) is 36.4 Å². The van der Waals surface area contributed by atoms with Crippen LogP contribution in [0.1, 0.15) is 6.92 Å². The number of carbonyl (C=O) groups excluding carboxylic acids is 1. The van der Waals surface area contributed by atoms with Crippen molar-refractivity contribution < 1.29 is 14.5 Å². The number of hydrogen-bond acceptors (Lipinski definition) is 5. The van der Waals surface area contributed by atoms with Gasteiger partial charge in [-0.15, -0.1) is 0 Å². The Morgan fingerprint density at radius 3 is 2.41 bits per heavy atom. The number of amides is 1. The van der Waals surface area contributed by atoms with Crippen molar-refractivity contribution >= 4 is 52.1 Å². The second-order valence-electron chi connectivity index (χ2n) is 6.51. The molecule has 0 spiro atoms. The van der Waals surface area contributed by atoms with Gasteiger partial charge in [-0.1, -0.05) is 40.9 Å². The largest absolute Gasteiger partial charge is 0.479 e. The SMILES string of the molecule is C[C@@H](Oc1ccc(Cl)cc1Cl)C(=O)N1CCN(c2c(Cl)cccc2[N+](=O)[O-])CC1. The highest BCUT2D eigenvalue weighted by molar-refractivity contribution is 6.35. The predicted octanol–water partition coefficient (Wildman–Crippen LogP) is 4.67. The van der Waals surface area contributed by atoms with Gasteiger partial charge in [-0.25, -0.2) is 0 Å². The molecule has 0 unspecified atom stereocenters. The Morgan fingerprint density at radius 2 is 1.79 bits per heavy atom. The maximum absolute atomic E-state index is 12.7. The zero-order valence-corrected chi connectivity index (χ0v) is 17.7. The van der Waals surface area contributed by atoms with Crippen molar-refractivity contribution in [1.29, 1.82) is 0 Å². The summed E-state index contributed by atoms with van der Waals surface area (Å²) in [7, 11) is 0. The molecule has 0 bridgehead atoms. The Bertz CT molecular complexity index is 933. The number of rotatable bonds is 5. The van der Waals surface area contributed by atoms with E-state index in [-0.39, 0.29) is 11.6 Å². The van der Waals surface area contributed by atoms with Gasteiger partial charge in [-0.3, -0.25) is 14.9 Å². The lowest BCUT2D eigenvalue weighted by Gasteiger charge is -2.37. The Morgan fingerprint density at radius 1 is 1.10 bits per heavy atom. The predicted molar refractivity (Wildman–Crippen MR) is 113 cm³/mol. The third-order valence-corrected chi connectivity index (χ3v) is 5.45. The van der Waals surface area contributed by atoms with Crippen molar-refractivity contribution in [2.24, 2.45) is 0 Å². The van der Waals surface area contributed by atoms with Crippen LogP contribution in [0.3, 0.4) is 0 Å². The summed E-state index contributed by atoms with van der Waals surface area (Å²) in [5, 5.41) is 12.4. The highest BCUT2D eigenvalue weighted by Gasteiger charge is 2.30. The number of anilines is 1. The van der Waals surface area contributed by atoms with Crippen LogP contribution < -0.4 is 9.64 Å². The van der Waals surface area contributed by atoms with E-state index in [1.54, 1.807) is 42.2 Å². The molecule has 7 nitrogen and oxygen atoms in total. The van der Waals surface area contributed by atoms with Crippen molar-refractivity contribution in [2.75, 3.05) is 31.1 Å². The molecule has 29 heavy (non-hydrogen) atoms. The van der Waals surface area contributed by atoms with Crippen LogP contribution in [0.5, 0.6) is 5.75 Å². The van der Waals surface area contributed by atoms with Crippen LogP contribution in [0.2, 0.25) is 15.1 Å². The summed E-state index contributed by atoms with van der Waals surface area (Å²) in [6, 6.07) is 9.38. The van der Waals surface area contributed by atoms with E-state index in [0.717, 1.165) is 0 Å². The molecule has 1 saturated heterocycles. The lowest BCUT2D eigenvalue weighted by Crippen LogP contribution is -2.52. The first kappa shape index (κ1) is 21.5. The van der Waals surface area contributed by atoms with Crippen LogP contribution >= 0.6 is 34.8 Å². The number of nitro benzene ring substituents is 1. The molecule has 1 heterocycles. The van der Waals surface area contributed by atoms with Gasteiger partial charge in [0, 0.05) is 37.3 Å². The Labute approximate surface area is 182 Å². The van der Waals surface area contributed by atoms with Gasteiger partial charge in [0.05, 0.1) is 15.0 Å². The second-order valence-corrected chi connectivity index (χ2v) is 7.76. The molecule has 1 aliphatic rings. The summed E-state index contributed by atoms with van der Waals surface area (Å²) in [5.41, 5.74) is 0.329.